The monoisotopic (exact) mass is 144 g/mol. The Balaban J connectivity index is 2.42. The minimum absolute atomic E-state index is 0.0776. The number of hydrogen-bond donors (Lipinski definition) is 2. The molecule has 1 aliphatic rings. The first-order valence-corrected chi connectivity index (χ1v) is 3.58. The predicted molar refractivity (Wildman–Crippen MR) is 38.3 cm³/mol. The SMILES string of the molecule is CNC1C[CH]OC(C)C1O. The highest BCUT2D eigenvalue weighted by Gasteiger charge is 2.28. The summed E-state index contributed by atoms with van der Waals surface area (Å²) in [4.78, 5) is 0. The summed E-state index contributed by atoms with van der Waals surface area (Å²) in [5.74, 6) is 0. The molecule has 3 unspecified atom stereocenters. The molecule has 3 heteroatoms. The first-order chi connectivity index (χ1) is 4.75. The molecular formula is C7H14NO2. The van der Waals surface area contributed by atoms with Crippen LogP contribution in [0.15, 0.2) is 0 Å². The highest BCUT2D eigenvalue weighted by atomic mass is 16.5. The standard InChI is InChI=1S/C7H14NO2/c1-5-7(9)6(8-2)3-4-10-5/h4-9H,3H2,1-2H3. The van der Waals surface area contributed by atoms with Gasteiger partial charge in [-0.05, 0) is 20.4 Å². The predicted octanol–water partition coefficient (Wildman–Crippen LogP) is -0.0941. The number of nitrogens with one attached hydrogen (secondary N) is 1. The fourth-order valence-corrected chi connectivity index (χ4v) is 1.15. The van der Waals surface area contributed by atoms with E-state index in [0.29, 0.717) is 0 Å². The van der Waals surface area contributed by atoms with Crippen LogP contribution in [-0.2, 0) is 4.74 Å². The lowest BCUT2D eigenvalue weighted by molar-refractivity contribution is -0.0508. The van der Waals surface area contributed by atoms with Crippen LogP contribution in [0.5, 0.6) is 0 Å². The molecule has 1 heterocycles. The van der Waals surface area contributed by atoms with Crippen molar-refractivity contribution in [3.05, 3.63) is 6.61 Å². The summed E-state index contributed by atoms with van der Waals surface area (Å²) >= 11 is 0. The third-order valence-electron chi connectivity index (χ3n) is 1.93. The van der Waals surface area contributed by atoms with Crippen LogP contribution in [0.1, 0.15) is 13.3 Å². The number of aliphatic hydroxyl groups is 1. The molecule has 0 aliphatic carbocycles. The van der Waals surface area contributed by atoms with Crippen molar-refractivity contribution < 1.29 is 9.84 Å². The second kappa shape index (κ2) is 3.32. The van der Waals surface area contributed by atoms with Gasteiger partial charge in [0.1, 0.15) is 0 Å². The lowest BCUT2D eigenvalue weighted by Crippen LogP contribution is -2.47. The Hall–Kier alpha value is -0.120. The van der Waals surface area contributed by atoms with E-state index in [-0.39, 0.29) is 18.2 Å². The van der Waals surface area contributed by atoms with E-state index >= 15 is 0 Å². The Kier molecular flexibility index (Phi) is 2.65. The third-order valence-corrected chi connectivity index (χ3v) is 1.93. The normalized spacial score (nSPS) is 41.7. The Morgan fingerprint density at radius 3 is 2.90 bits per heavy atom. The average Bonchev–Trinajstić information content (AvgIpc) is 1.95. The summed E-state index contributed by atoms with van der Waals surface area (Å²) in [6.07, 6.45) is 0.323. The summed E-state index contributed by atoms with van der Waals surface area (Å²) < 4.78 is 5.11. The second-order valence-electron chi connectivity index (χ2n) is 2.63. The van der Waals surface area contributed by atoms with Gasteiger partial charge in [0, 0.05) is 6.04 Å². The highest BCUT2D eigenvalue weighted by Crippen LogP contribution is 2.16. The van der Waals surface area contributed by atoms with Gasteiger partial charge in [-0.15, -0.1) is 0 Å². The molecular weight excluding hydrogens is 130 g/mol. The molecule has 10 heavy (non-hydrogen) atoms. The molecule has 3 nitrogen and oxygen atoms in total. The Morgan fingerprint density at radius 2 is 2.40 bits per heavy atom. The maximum atomic E-state index is 9.43. The lowest BCUT2D eigenvalue weighted by atomic mass is 10.0. The van der Waals surface area contributed by atoms with Crippen LogP contribution in [0, 0.1) is 6.61 Å². The lowest BCUT2D eigenvalue weighted by Gasteiger charge is -2.32. The van der Waals surface area contributed by atoms with Crippen molar-refractivity contribution in [1.82, 2.24) is 5.32 Å². The van der Waals surface area contributed by atoms with Gasteiger partial charge in [0.05, 0.1) is 18.8 Å². The van der Waals surface area contributed by atoms with Gasteiger partial charge in [-0.25, -0.2) is 0 Å². The largest absolute Gasteiger partial charge is 0.389 e. The topological polar surface area (TPSA) is 41.5 Å². The van der Waals surface area contributed by atoms with Crippen LogP contribution < -0.4 is 5.32 Å². The molecule has 0 aromatic heterocycles. The number of rotatable bonds is 1. The number of aliphatic hydroxyl groups excluding tert-OH is 1. The average molecular weight is 144 g/mol. The molecule has 0 saturated carbocycles. The van der Waals surface area contributed by atoms with E-state index in [1.165, 1.54) is 0 Å². The molecule has 0 bridgehead atoms. The molecule has 1 rings (SSSR count). The van der Waals surface area contributed by atoms with Crippen molar-refractivity contribution in [2.45, 2.75) is 31.6 Å². The van der Waals surface area contributed by atoms with Crippen LogP contribution in [0.4, 0.5) is 0 Å². The van der Waals surface area contributed by atoms with Gasteiger partial charge in [0.2, 0.25) is 0 Å². The molecule has 1 saturated heterocycles. The van der Waals surface area contributed by atoms with E-state index in [9.17, 15) is 5.11 Å². The molecule has 3 atom stereocenters. The van der Waals surface area contributed by atoms with E-state index in [1.54, 1.807) is 6.61 Å². The Morgan fingerprint density at radius 1 is 1.70 bits per heavy atom. The van der Waals surface area contributed by atoms with Crippen molar-refractivity contribution in [2.24, 2.45) is 0 Å². The minimum Gasteiger partial charge on any atom is -0.389 e. The third kappa shape index (κ3) is 1.48. The Labute approximate surface area is 61.4 Å². The number of likely N-dealkylation sites (N-methyl/N-ethyl adjacent to an activating group) is 1. The number of ether oxygens (including phenoxy) is 1. The van der Waals surface area contributed by atoms with Crippen LogP contribution in [0.3, 0.4) is 0 Å². The van der Waals surface area contributed by atoms with Crippen LogP contribution in [-0.4, -0.2) is 30.4 Å². The summed E-state index contributed by atoms with van der Waals surface area (Å²) in [6.45, 7) is 3.61. The van der Waals surface area contributed by atoms with Crippen molar-refractivity contribution >= 4 is 0 Å². The fraction of sp³-hybridized carbons (Fsp3) is 0.857. The van der Waals surface area contributed by atoms with E-state index in [2.05, 4.69) is 5.32 Å². The summed E-state index contributed by atoms with van der Waals surface area (Å²) in [6, 6.07) is 0.156. The zero-order valence-corrected chi connectivity index (χ0v) is 6.37. The van der Waals surface area contributed by atoms with E-state index in [4.69, 9.17) is 4.74 Å². The van der Waals surface area contributed by atoms with Gasteiger partial charge < -0.3 is 15.2 Å². The molecule has 1 aliphatic heterocycles. The second-order valence-corrected chi connectivity index (χ2v) is 2.63. The van der Waals surface area contributed by atoms with Crippen molar-refractivity contribution in [2.75, 3.05) is 7.05 Å². The van der Waals surface area contributed by atoms with Gasteiger partial charge in [0.15, 0.2) is 0 Å². The maximum absolute atomic E-state index is 9.43. The highest BCUT2D eigenvalue weighted by molar-refractivity contribution is 4.86. The quantitative estimate of drug-likeness (QED) is 0.540. The zero-order chi connectivity index (χ0) is 7.56. The molecule has 0 amide bonds. The fourth-order valence-electron chi connectivity index (χ4n) is 1.15. The van der Waals surface area contributed by atoms with Gasteiger partial charge in [-0.1, -0.05) is 0 Å². The van der Waals surface area contributed by atoms with E-state index in [1.807, 2.05) is 14.0 Å². The maximum Gasteiger partial charge on any atom is 0.0952 e. The van der Waals surface area contributed by atoms with Crippen LogP contribution in [0.25, 0.3) is 0 Å². The molecule has 59 valence electrons. The zero-order valence-electron chi connectivity index (χ0n) is 6.37. The van der Waals surface area contributed by atoms with Crippen molar-refractivity contribution in [1.29, 1.82) is 0 Å². The summed E-state index contributed by atoms with van der Waals surface area (Å²) in [7, 11) is 1.85. The Bertz CT molecular complexity index is 108. The van der Waals surface area contributed by atoms with Gasteiger partial charge in [0.25, 0.3) is 0 Å². The molecule has 0 aromatic carbocycles. The smallest absolute Gasteiger partial charge is 0.0952 e. The first kappa shape index (κ1) is 7.98. The summed E-state index contributed by atoms with van der Waals surface area (Å²) in [5, 5.41) is 12.5. The molecule has 1 fully saturated rings. The first-order valence-electron chi connectivity index (χ1n) is 3.58. The molecule has 0 spiro atoms. The van der Waals surface area contributed by atoms with Gasteiger partial charge in [-0.3, -0.25) is 0 Å². The molecule has 2 N–H and O–H groups in total. The molecule has 1 radical (unpaired) electrons. The van der Waals surface area contributed by atoms with E-state index < -0.39 is 0 Å². The van der Waals surface area contributed by atoms with Crippen LogP contribution >= 0.6 is 0 Å². The van der Waals surface area contributed by atoms with Gasteiger partial charge >= 0.3 is 0 Å². The van der Waals surface area contributed by atoms with Gasteiger partial charge in [-0.2, -0.15) is 0 Å². The van der Waals surface area contributed by atoms with E-state index in [0.717, 1.165) is 6.42 Å². The van der Waals surface area contributed by atoms with Crippen LogP contribution in [0.2, 0.25) is 0 Å². The van der Waals surface area contributed by atoms with Crippen molar-refractivity contribution in [3.8, 4) is 0 Å². The minimum atomic E-state index is -0.380. The molecule has 0 aromatic rings. The summed E-state index contributed by atoms with van der Waals surface area (Å²) in [5.41, 5.74) is 0. The number of hydrogen-bond acceptors (Lipinski definition) is 3. The van der Waals surface area contributed by atoms with Crippen molar-refractivity contribution in [3.63, 3.8) is 0 Å².